The largest absolute Gasteiger partial charge is 0.464 e. The number of nitrogens with one attached hydrogen (secondary N) is 1. The van der Waals surface area contributed by atoms with E-state index in [0.717, 1.165) is 0 Å². The molecule has 0 aliphatic carbocycles. The molecule has 0 aliphatic rings. The Kier molecular flexibility index (Phi) is 2.29. The van der Waals surface area contributed by atoms with Crippen LogP contribution in [0, 0.1) is 0 Å². The molecule has 0 amide bonds. The SMILES string of the molecule is COC(=O)c1cc(NN)nn1C. The minimum atomic E-state index is -0.438. The van der Waals surface area contributed by atoms with Crippen molar-refractivity contribution in [3.8, 4) is 0 Å². The van der Waals surface area contributed by atoms with Gasteiger partial charge in [-0.15, -0.1) is 0 Å². The summed E-state index contributed by atoms with van der Waals surface area (Å²) in [5.74, 6) is 5.09. The number of nitrogen functional groups attached to an aromatic ring is 1. The van der Waals surface area contributed by atoms with Gasteiger partial charge in [-0.1, -0.05) is 0 Å². The number of rotatable bonds is 2. The molecule has 0 fully saturated rings. The van der Waals surface area contributed by atoms with E-state index in [0.29, 0.717) is 11.5 Å². The van der Waals surface area contributed by atoms with Crippen molar-refractivity contribution in [3.63, 3.8) is 0 Å². The lowest BCUT2D eigenvalue weighted by Crippen LogP contribution is -2.08. The quantitative estimate of drug-likeness (QED) is 0.355. The fraction of sp³-hybridized carbons (Fsp3) is 0.333. The van der Waals surface area contributed by atoms with E-state index in [1.807, 2.05) is 0 Å². The van der Waals surface area contributed by atoms with E-state index in [1.165, 1.54) is 17.9 Å². The second-order valence-electron chi connectivity index (χ2n) is 2.17. The number of carbonyl (C=O) groups is 1. The molecule has 0 bridgehead atoms. The zero-order valence-corrected chi connectivity index (χ0v) is 6.87. The molecule has 66 valence electrons. The summed E-state index contributed by atoms with van der Waals surface area (Å²) in [5, 5.41) is 3.88. The molecule has 0 unspecified atom stereocenters. The van der Waals surface area contributed by atoms with E-state index in [2.05, 4.69) is 15.3 Å². The summed E-state index contributed by atoms with van der Waals surface area (Å²) in [6.45, 7) is 0. The number of aryl methyl sites for hydroxylation is 1. The van der Waals surface area contributed by atoms with E-state index in [1.54, 1.807) is 7.05 Å². The van der Waals surface area contributed by atoms with Gasteiger partial charge in [0.15, 0.2) is 5.82 Å². The van der Waals surface area contributed by atoms with Crippen molar-refractivity contribution in [2.24, 2.45) is 12.9 Å². The average Bonchev–Trinajstić information content (AvgIpc) is 2.45. The fourth-order valence-corrected chi connectivity index (χ4v) is 0.833. The summed E-state index contributed by atoms with van der Waals surface area (Å²) >= 11 is 0. The van der Waals surface area contributed by atoms with Gasteiger partial charge in [-0.2, -0.15) is 5.10 Å². The molecule has 0 saturated heterocycles. The Hall–Kier alpha value is -1.56. The van der Waals surface area contributed by atoms with Crippen molar-refractivity contribution in [1.29, 1.82) is 0 Å². The van der Waals surface area contributed by atoms with Crippen molar-refractivity contribution in [2.75, 3.05) is 12.5 Å². The molecule has 0 aromatic carbocycles. The molecular formula is C6H10N4O2. The summed E-state index contributed by atoms with van der Waals surface area (Å²) in [6, 6.07) is 1.51. The van der Waals surface area contributed by atoms with E-state index in [-0.39, 0.29) is 0 Å². The standard InChI is InChI=1S/C6H10N4O2/c1-10-4(6(11)12-2)3-5(8-7)9-10/h3H,7H2,1-2H3,(H,8,9). The topological polar surface area (TPSA) is 82.2 Å². The molecule has 0 radical (unpaired) electrons. The second kappa shape index (κ2) is 3.22. The van der Waals surface area contributed by atoms with E-state index >= 15 is 0 Å². The third-order valence-electron chi connectivity index (χ3n) is 1.42. The molecule has 3 N–H and O–H groups in total. The van der Waals surface area contributed by atoms with E-state index in [4.69, 9.17) is 5.84 Å². The highest BCUT2D eigenvalue weighted by Gasteiger charge is 2.12. The van der Waals surface area contributed by atoms with Crippen LogP contribution in [0.5, 0.6) is 0 Å². The van der Waals surface area contributed by atoms with Gasteiger partial charge in [-0.05, 0) is 0 Å². The first-order valence-corrected chi connectivity index (χ1v) is 3.28. The van der Waals surface area contributed by atoms with Crippen LogP contribution >= 0.6 is 0 Å². The smallest absolute Gasteiger partial charge is 0.356 e. The maximum atomic E-state index is 11.0. The third kappa shape index (κ3) is 1.37. The van der Waals surface area contributed by atoms with Gasteiger partial charge in [0.25, 0.3) is 0 Å². The van der Waals surface area contributed by atoms with E-state index < -0.39 is 5.97 Å². The van der Waals surface area contributed by atoms with Gasteiger partial charge >= 0.3 is 5.97 Å². The Bertz CT molecular complexity index is 294. The maximum Gasteiger partial charge on any atom is 0.356 e. The molecule has 1 aromatic heterocycles. The second-order valence-corrected chi connectivity index (χ2v) is 2.17. The van der Waals surface area contributed by atoms with Gasteiger partial charge in [0, 0.05) is 13.1 Å². The van der Waals surface area contributed by atoms with Crippen LogP contribution in [0.2, 0.25) is 0 Å². The molecule has 0 saturated carbocycles. The Balaban J connectivity index is 2.99. The molecule has 0 spiro atoms. The molecule has 12 heavy (non-hydrogen) atoms. The van der Waals surface area contributed by atoms with E-state index in [9.17, 15) is 4.79 Å². The van der Waals surface area contributed by atoms with Gasteiger partial charge in [0.05, 0.1) is 7.11 Å². The third-order valence-corrected chi connectivity index (χ3v) is 1.42. The minimum Gasteiger partial charge on any atom is -0.464 e. The fourth-order valence-electron chi connectivity index (χ4n) is 0.833. The first-order valence-electron chi connectivity index (χ1n) is 3.28. The van der Waals surface area contributed by atoms with Crippen LogP contribution in [0.3, 0.4) is 0 Å². The van der Waals surface area contributed by atoms with Crippen LogP contribution in [0.4, 0.5) is 5.82 Å². The van der Waals surface area contributed by atoms with Crippen LogP contribution in [-0.2, 0) is 11.8 Å². The summed E-state index contributed by atoms with van der Waals surface area (Å²) < 4.78 is 5.90. The summed E-state index contributed by atoms with van der Waals surface area (Å²) in [5.41, 5.74) is 2.68. The molecule has 1 heterocycles. The van der Waals surface area contributed by atoms with Gasteiger partial charge in [0.1, 0.15) is 5.69 Å². The number of aromatic nitrogens is 2. The molecule has 1 rings (SSSR count). The average molecular weight is 170 g/mol. The number of hydrazine groups is 1. The summed E-state index contributed by atoms with van der Waals surface area (Å²) in [4.78, 5) is 11.0. The highest BCUT2D eigenvalue weighted by Crippen LogP contribution is 2.07. The first-order chi connectivity index (χ1) is 5.69. The molecular weight excluding hydrogens is 160 g/mol. The van der Waals surface area contributed by atoms with Crippen molar-refractivity contribution >= 4 is 11.8 Å². The summed E-state index contributed by atoms with van der Waals surface area (Å²) in [7, 11) is 2.94. The number of methoxy groups -OCH3 is 1. The monoisotopic (exact) mass is 170 g/mol. The van der Waals surface area contributed by atoms with Gasteiger partial charge < -0.3 is 10.2 Å². The minimum absolute atomic E-state index is 0.352. The van der Waals surface area contributed by atoms with Crippen molar-refractivity contribution < 1.29 is 9.53 Å². The Morgan fingerprint density at radius 2 is 2.50 bits per heavy atom. The van der Waals surface area contributed by atoms with Crippen LogP contribution < -0.4 is 11.3 Å². The van der Waals surface area contributed by atoms with Crippen LogP contribution in [0.25, 0.3) is 0 Å². The number of anilines is 1. The molecule has 6 nitrogen and oxygen atoms in total. The number of hydrogen-bond acceptors (Lipinski definition) is 5. The van der Waals surface area contributed by atoms with Crippen LogP contribution in [-0.4, -0.2) is 22.9 Å². The van der Waals surface area contributed by atoms with Crippen LogP contribution in [0.15, 0.2) is 6.07 Å². The normalized spacial score (nSPS) is 9.58. The lowest BCUT2D eigenvalue weighted by atomic mass is 10.4. The lowest BCUT2D eigenvalue weighted by Gasteiger charge is -1.96. The number of hydrogen-bond donors (Lipinski definition) is 2. The Morgan fingerprint density at radius 1 is 1.83 bits per heavy atom. The van der Waals surface area contributed by atoms with Gasteiger partial charge in [-0.3, -0.25) is 4.68 Å². The number of carbonyl (C=O) groups excluding carboxylic acids is 1. The van der Waals surface area contributed by atoms with Crippen molar-refractivity contribution in [3.05, 3.63) is 11.8 Å². The highest BCUT2D eigenvalue weighted by atomic mass is 16.5. The maximum absolute atomic E-state index is 11.0. The molecule has 0 aliphatic heterocycles. The molecule has 1 aromatic rings. The number of esters is 1. The Morgan fingerprint density at radius 3 is 2.92 bits per heavy atom. The predicted octanol–water partition coefficient (Wildman–Crippen LogP) is -0.508. The molecule has 0 atom stereocenters. The van der Waals surface area contributed by atoms with Crippen molar-refractivity contribution in [2.45, 2.75) is 0 Å². The zero-order chi connectivity index (χ0) is 9.14. The van der Waals surface area contributed by atoms with Crippen molar-refractivity contribution in [1.82, 2.24) is 9.78 Å². The highest BCUT2D eigenvalue weighted by molar-refractivity contribution is 5.88. The first kappa shape index (κ1) is 8.54. The predicted molar refractivity (Wildman–Crippen MR) is 42.4 cm³/mol. The zero-order valence-electron chi connectivity index (χ0n) is 6.87. The number of nitrogens with zero attached hydrogens (tertiary/aromatic N) is 2. The Labute approximate surface area is 69.3 Å². The van der Waals surface area contributed by atoms with Gasteiger partial charge in [-0.25, -0.2) is 10.6 Å². The number of ether oxygens (including phenoxy) is 1. The molecule has 6 heteroatoms. The number of nitrogens with two attached hydrogens (primary N) is 1. The van der Waals surface area contributed by atoms with Gasteiger partial charge in [0.2, 0.25) is 0 Å². The lowest BCUT2D eigenvalue weighted by molar-refractivity contribution is 0.0588. The van der Waals surface area contributed by atoms with Crippen LogP contribution in [0.1, 0.15) is 10.5 Å². The summed E-state index contributed by atoms with van der Waals surface area (Å²) in [6.07, 6.45) is 0.